The van der Waals surface area contributed by atoms with E-state index in [1.165, 1.54) is 24.0 Å². The average Bonchev–Trinajstić information content (AvgIpc) is 2.53. The van der Waals surface area contributed by atoms with Gasteiger partial charge in [0.25, 0.3) is 0 Å². The van der Waals surface area contributed by atoms with Crippen molar-refractivity contribution in [2.24, 2.45) is 0 Å². The van der Waals surface area contributed by atoms with Gasteiger partial charge in [0.15, 0.2) is 0 Å². The fourth-order valence-corrected chi connectivity index (χ4v) is 2.23. The summed E-state index contributed by atoms with van der Waals surface area (Å²) < 4.78 is 12.8. The van der Waals surface area contributed by atoms with Gasteiger partial charge in [-0.3, -0.25) is 14.4 Å². The first kappa shape index (κ1) is 15.9. The van der Waals surface area contributed by atoms with Crippen LogP contribution in [0.5, 0.6) is 0 Å². The molecule has 7 heteroatoms. The minimum absolute atomic E-state index is 0.0344. The van der Waals surface area contributed by atoms with E-state index in [2.05, 4.69) is 5.32 Å². The summed E-state index contributed by atoms with van der Waals surface area (Å²) in [6.07, 6.45) is 0. The molecule has 1 heterocycles. The van der Waals surface area contributed by atoms with Crippen LogP contribution in [0.4, 0.5) is 4.39 Å². The number of hydrogen-bond donors (Lipinski definition) is 1. The Morgan fingerprint density at radius 3 is 2.14 bits per heavy atom. The molecule has 1 aromatic carbocycles. The molecule has 0 bridgehead atoms. The molecule has 2 rings (SSSR count). The summed E-state index contributed by atoms with van der Waals surface area (Å²) in [5.74, 6) is -1.69. The quantitative estimate of drug-likeness (QED) is 0.790. The highest BCUT2D eigenvalue weighted by molar-refractivity contribution is 6.35. The summed E-state index contributed by atoms with van der Waals surface area (Å²) in [5.41, 5.74) is 0.712. The third kappa shape index (κ3) is 4.03. The fourth-order valence-electron chi connectivity index (χ4n) is 2.23. The Kier molecular flexibility index (Phi) is 5.08. The van der Waals surface area contributed by atoms with Gasteiger partial charge in [-0.25, -0.2) is 4.39 Å². The molecular weight excluding hydrogens is 289 g/mol. The average molecular weight is 307 g/mol. The lowest BCUT2D eigenvalue weighted by atomic mass is 10.2. The van der Waals surface area contributed by atoms with Crippen LogP contribution >= 0.6 is 0 Å². The monoisotopic (exact) mass is 307 g/mol. The maximum absolute atomic E-state index is 12.8. The summed E-state index contributed by atoms with van der Waals surface area (Å²) in [4.78, 5) is 38.1. The van der Waals surface area contributed by atoms with Crippen LogP contribution in [0.2, 0.25) is 0 Å². The summed E-state index contributed by atoms with van der Waals surface area (Å²) >= 11 is 0. The number of nitrogens with zero attached hydrogens (tertiary/aromatic N) is 2. The number of carbonyl (C=O) groups excluding carboxylic acids is 3. The molecule has 1 aliphatic rings. The van der Waals surface area contributed by atoms with Crippen LogP contribution in [-0.4, -0.2) is 53.7 Å². The number of carbonyl (C=O) groups is 3. The van der Waals surface area contributed by atoms with Gasteiger partial charge in [0.05, 0.1) is 0 Å². The lowest BCUT2D eigenvalue weighted by molar-refractivity contribution is -0.148. The molecule has 0 spiro atoms. The second kappa shape index (κ2) is 7.02. The zero-order chi connectivity index (χ0) is 16.1. The van der Waals surface area contributed by atoms with Crippen LogP contribution in [0.25, 0.3) is 0 Å². The predicted octanol–water partition coefficient (Wildman–Crippen LogP) is 0.133. The molecule has 22 heavy (non-hydrogen) atoms. The molecule has 0 aliphatic carbocycles. The maximum Gasteiger partial charge on any atom is 0.312 e. The molecule has 1 N–H and O–H groups in total. The molecule has 0 atom stereocenters. The molecular formula is C15H18FN3O3. The van der Waals surface area contributed by atoms with Gasteiger partial charge in [0.1, 0.15) is 5.82 Å². The molecule has 1 aliphatic heterocycles. The molecule has 1 aromatic rings. The van der Waals surface area contributed by atoms with E-state index in [0.29, 0.717) is 31.7 Å². The van der Waals surface area contributed by atoms with Crippen molar-refractivity contribution in [3.63, 3.8) is 0 Å². The topological polar surface area (TPSA) is 69.7 Å². The molecule has 0 unspecified atom stereocenters. The van der Waals surface area contributed by atoms with Crippen molar-refractivity contribution in [3.8, 4) is 0 Å². The lowest BCUT2D eigenvalue weighted by Gasteiger charge is -2.33. The summed E-state index contributed by atoms with van der Waals surface area (Å²) in [7, 11) is 0. The van der Waals surface area contributed by atoms with Crippen molar-refractivity contribution in [2.45, 2.75) is 13.5 Å². The first-order valence-corrected chi connectivity index (χ1v) is 7.04. The summed E-state index contributed by atoms with van der Waals surface area (Å²) in [5, 5.41) is 2.52. The molecule has 118 valence electrons. The first-order chi connectivity index (χ1) is 10.5. The highest BCUT2D eigenvalue weighted by atomic mass is 19.1. The first-order valence-electron chi connectivity index (χ1n) is 7.04. The number of rotatable bonds is 2. The SMILES string of the molecule is CC(=O)N1CCN(C(=O)C(=O)NCc2ccc(F)cc2)CC1. The van der Waals surface area contributed by atoms with E-state index in [0.717, 1.165) is 0 Å². The summed E-state index contributed by atoms with van der Waals surface area (Å²) in [6.45, 7) is 3.22. The number of piperazine rings is 1. The molecule has 1 fully saturated rings. The second-order valence-electron chi connectivity index (χ2n) is 5.11. The van der Waals surface area contributed by atoms with E-state index in [-0.39, 0.29) is 18.3 Å². The zero-order valence-electron chi connectivity index (χ0n) is 12.3. The third-order valence-corrected chi connectivity index (χ3v) is 3.57. The van der Waals surface area contributed by atoms with Gasteiger partial charge in [0, 0.05) is 39.6 Å². The maximum atomic E-state index is 12.8. The van der Waals surface area contributed by atoms with E-state index < -0.39 is 11.8 Å². The normalized spacial score (nSPS) is 14.6. The van der Waals surface area contributed by atoms with Gasteiger partial charge >= 0.3 is 11.8 Å². The van der Waals surface area contributed by atoms with Gasteiger partial charge in [-0.15, -0.1) is 0 Å². The Hall–Kier alpha value is -2.44. The molecule has 3 amide bonds. The van der Waals surface area contributed by atoms with Crippen molar-refractivity contribution in [3.05, 3.63) is 35.6 Å². The van der Waals surface area contributed by atoms with E-state index in [1.807, 2.05) is 0 Å². The Labute approximate surface area is 127 Å². The summed E-state index contributed by atoms with van der Waals surface area (Å²) in [6, 6.07) is 5.69. The standard InChI is InChI=1S/C15H18FN3O3/c1-11(20)18-6-8-19(9-7-18)15(22)14(21)17-10-12-2-4-13(16)5-3-12/h2-5H,6-10H2,1H3,(H,17,21). The number of nitrogens with one attached hydrogen (secondary N) is 1. The van der Waals surface area contributed by atoms with Crippen LogP contribution in [0, 0.1) is 5.82 Å². The molecule has 0 radical (unpaired) electrons. The van der Waals surface area contributed by atoms with Crippen molar-refractivity contribution >= 4 is 17.7 Å². The highest BCUT2D eigenvalue weighted by Crippen LogP contribution is 2.04. The van der Waals surface area contributed by atoms with Crippen LogP contribution in [-0.2, 0) is 20.9 Å². The van der Waals surface area contributed by atoms with E-state index in [1.54, 1.807) is 17.0 Å². The van der Waals surface area contributed by atoms with Crippen LogP contribution in [0.1, 0.15) is 12.5 Å². The minimum Gasteiger partial charge on any atom is -0.344 e. The van der Waals surface area contributed by atoms with Gasteiger partial charge in [-0.05, 0) is 17.7 Å². The number of halogens is 1. The van der Waals surface area contributed by atoms with Crippen LogP contribution in [0.15, 0.2) is 24.3 Å². The van der Waals surface area contributed by atoms with Crippen molar-refractivity contribution < 1.29 is 18.8 Å². The van der Waals surface area contributed by atoms with Gasteiger partial charge in [0.2, 0.25) is 5.91 Å². The Morgan fingerprint density at radius 1 is 1.05 bits per heavy atom. The van der Waals surface area contributed by atoms with E-state index >= 15 is 0 Å². The largest absolute Gasteiger partial charge is 0.344 e. The van der Waals surface area contributed by atoms with E-state index in [4.69, 9.17) is 0 Å². The zero-order valence-corrected chi connectivity index (χ0v) is 12.3. The Balaban J connectivity index is 1.81. The minimum atomic E-state index is -0.694. The number of amides is 3. The number of hydrogen-bond acceptors (Lipinski definition) is 3. The van der Waals surface area contributed by atoms with Crippen molar-refractivity contribution in [1.29, 1.82) is 0 Å². The number of benzene rings is 1. The molecule has 0 aromatic heterocycles. The van der Waals surface area contributed by atoms with E-state index in [9.17, 15) is 18.8 Å². The predicted molar refractivity (Wildman–Crippen MR) is 77.1 cm³/mol. The highest BCUT2D eigenvalue weighted by Gasteiger charge is 2.26. The molecule has 6 nitrogen and oxygen atoms in total. The van der Waals surface area contributed by atoms with Crippen LogP contribution < -0.4 is 5.32 Å². The molecule has 1 saturated heterocycles. The third-order valence-electron chi connectivity index (χ3n) is 3.57. The van der Waals surface area contributed by atoms with Crippen molar-refractivity contribution in [1.82, 2.24) is 15.1 Å². The lowest BCUT2D eigenvalue weighted by Crippen LogP contribution is -2.53. The Bertz CT molecular complexity index is 566. The van der Waals surface area contributed by atoms with Crippen LogP contribution in [0.3, 0.4) is 0 Å². The van der Waals surface area contributed by atoms with Gasteiger partial charge in [-0.2, -0.15) is 0 Å². The van der Waals surface area contributed by atoms with Crippen molar-refractivity contribution in [2.75, 3.05) is 26.2 Å². The van der Waals surface area contributed by atoms with Gasteiger partial charge < -0.3 is 15.1 Å². The fraction of sp³-hybridized carbons (Fsp3) is 0.400. The Morgan fingerprint density at radius 2 is 1.59 bits per heavy atom. The smallest absolute Gasteiger partial charge is 0.312 e. The van der Waals surface area contributed by atoms with Gasteiger partial charge in [-0.1, -0.05) is 12.1 Å². The molecule has 0 saturated carbocycles. The second-order valence-corrected chi connectivity index (χ2v) is 5.11.